The third-order valence-corrected chi connectivity index (χ3v) is 5.19. The van der Waals surface area contributed by atoms with E-state index in [1.165, 1.54) is 0 Å². The number of nitrogens with zero attached hydrogens (tertiary/aromatic N) is 3. The van der Waals surface area contributed by atoms with Crippen molar-refractivity contribution in [1.82, 2.24) is 9.97 Å². The summed E-state index contributed by atoms with van der Waals surface area (Å²) in [6.45, 7) is 1.09. The van der Waals surface area contributed by atoms with Crippen LogP contribution in [0.1, 0.15) is 18.4 Å². The lowest BCUT2D eigenvalue weighted by atomic mass is 9.84. The first-order valence-electron chi connectivity index (χ1n) is 8.30. The molecule has 0 saturated carbocycles. The first-order chi connectivity index (χ1) is 12.5. The first kappa shape index (κ1) is 17.1. The van der Waals surface area contributed by atoms with Gasteiger partial charge < -0.3 is 10.0 Å². The van der Waals surface area contributed by atoms with Crippen molar-refractivity contribution in [2.75, 3.05) is 18.0 Å². The Labute approximate surface area is 154 Å². The topological polar surface area (TPSA) is 49.2 Å². The zero-order valence-corrected chi connectivity index (χ0v) is 14.5. The van der Waals surface area contributed by atoms with E-state index in [0.717, 1.165) is 17.7 Å². The maximum Gasteiger partial charge on any atom is 0.161 e. The van der Waals surface area contributed by atoms with E-state index in [2.05, 4.69) is 9.97 Å². The van der Waals surface area contributed by atoms with Gasteiger partial charge in [-0.1, -0.05) is 29.8 Å². The molecule has 26 heavy (non-hydrogen) atoms. The van der Waals surface area contributed by atoms with E-state index in [4.69, 9.17) is 11.6 Å². The summed E-state index contributed by atoms with van der Waals surface area (Å²) in [5.41, 5.74) is 0.336. The molecule has 0 aliphatic carbocycles. The van der Waals surface area contributed by atoms with Crippen LogP contribution in [0, 0.1) is 11.6 Å². The molecule has 1 aliphatic rings. The van der Waals surface area contributed by atoms with E-state index in [9.17, 15) is 13.9 Å². The third-order valence-electron chi connectivity index (χ3n) is 4.86. The van der Waals surface area contributed by atoms with E-state index >= 15 is 0 Å². The van der Waals surface area contributed by atoms with Crippen molar-refractivity contribution in [3.8, 4) is 0 Å². The van der Waals surface area contributed by atoms with Gasteiger partial charge >= 0.3 is 0 Å². The molecule has 4 nitrogen and oxygen atoms in total. The van der Waals surface area contributed by atoms with E-state index in [0.29, 0.717) is 47.8 Å². The van der Waals surface area contributed by atoms with Crippen LogP contribution >= 0.6 is 11.6 Å². The van der Waals surface area contributed by atoms with Gasteiger partial charge in [-0.2, -0.15) is 0 Å². The quantitative estimate of drug-likeness (QED) is 0.734. The summed E-state index contributed by atoms with van der Waals surface area (Å²) in [4.78, 5) is 10.5. The largest absolute Gasteiger partial charge is 0.385 e. The molecule has 1 saturated heterocycles. The van der Waals surface area contributed by atoms with E-state index in [1.807, 2.05) is 23.1 Å². The summed E-state index contributed by atoms with van der Waals surface area (Å²) in [5.74, 6) is -1.32. The van der Waals surface area contributed by atoms with Gasteiger partial charge in [0.15, 0.2) is 11.6 Å². The fraction of sp³-hybridized carbons (Fsp3) is 0.263. The number of anilines is 1. The summed E-state index contributed by atoms with van der Waals surface area (Å²) < 4.78 is 26.7. The molecule has 3 aromatic rings. The Hall–Kier alpha value is -2.31. The van der Waals surface area contributed by atoms with Gasteiger partial charge in [-0.3, -0.25) is 4.98 Å². The molecule has 0 radical (unpaired) electrons. The van der Waals surface area contributed by atoms with E-state index < -0.39 is 17.2 Å². The molecule has 1 fully saturated rings. The number of rotatable bonds is 2. The predicted octanol–water partition coefficient (Wildman–Crippen LogP) is 4.05. The van der Waals surface area contributed by atoms with Gasteiger partial charge in [0.1, 0.15) is 5.82 Å². The summed E-state index contributed by atoms with van der Waals surface area (Å²) in [6, 6.07) is 9.37. The second kappa shape index (κ2) is 6.45. The molecule has 0 spiro atoms. The molecule has 0 atom stereocenters. The lowest BCUT2D eigenvalue weighted by Gasteiger charge is -2.39. The van der Waals surface area contributed by atoms with Crippen LogP contribution in [-0.2, 0) is 5.60 Å². The van der Waals surface area contributed by atoms with E-state index in [1.54, 1.807) is 12.3 Å². The molecule has 0 bridgehead atoms. The first-order valence-corrected chi connectivity index (χ1v) is 8.68. The average molecular weight is 376 g/mol. The van der Waals surface area contributed by atoms with Gasteiger partial charge in [0.05, 0.1) is 22.8 Å². The number of hydrogen-bond acceptors (Lipinski definition) is 4. The summed E-state index contributed by atoms with van der Waals surface area (Å²) in [6.07, 6.45) is 2.50. The van der Waals surface area contributed by atoms with Crippen molar-refractivity contribution in [3.63, 3.8) is 0 Å². The van der Waals surface area contributed by atoms with Crippen LogP contribution < -0.4 is 4.90 Å². The lowest BCUT2D eigenvalue weighted by molar-refractivity contribution is 0.0117. The smallest absolute Gasteiger partial charge is 0.161 e. The Bertz CT molecular complexity index is 974. The highest BCUT2D eigenvalue weighted by molar-refractivity contribution is 6.31. The van der Waals surface area contributed by atoms with Crippen molar-refractivity contribution in [2.45, 2.75) is 18.4 Å². The Balaban J connectivity index is 1.57. The highest BCUT2D eigenvalue weighted by atomic mass is 35.5. The van der Waals surface area contributed by atoms with Gasteiger partial charge in [-0.15, -0.1) is 0 Å². The van der Waals surface area contributed by atoms with Crippen LogP contribution in [0.15, 0.2) is 42.6 Å². The van der Waals surface area contributed by atoms with E-state index in [-0.39, 0.29) is 0 Å². The minimum atomic E-state index is -0.992. The van der Waals surface area contributed by atoms with Crippen molar-refractivity contribution < 1.29 is 13.9 Å². The minimum Gasteiger partial charge on any atom is -0.385 e. The standard InChI is InChI=1S/C19H16ClF2N3O/c20-13-4-2-1-3-12(13)19(26)5-7-25(8-6-19)18-11-23-16-9-14(21)15(22)10-17(16)24-18/h1-4,9-11,26H,5-8H2. The number of hydrogen-bond donors (Lipinski definition) is 1. The van der Waals surface area contributed by atoms with Crippen LogP contribution in [0.3, 0.4) is 0 Å². The second-order valence-electron chi connectivity index (χ2n) is 6.48. The zero-order valence-electron chi connectivity index (χ0n) is 13.8. The molecule has 0 unspecified atom stereocenters. The van der Waals surface area contributed by atoms with Crippen molar-refractivity contribution in [2.24, 2.45) is 0 Å². The molecule has 4 rings (SSSR count). The van der Waals surface area contributed by atoms with Gasteiger partial charge in [-0.05, 0) is 18.9 Å². The van der Waals surface area contributed by atoms with Crippen LogP contribution in [-0.4, -0.2) is 28.2 Å². The maximum atomic E-state index is 13.4. The Kier molecular flexibility index (Phi) is 4.25. The fourth-order valence-corrected chi connectivity index (χ4v) is 3.68. The summed E-state index contributed by atoms with van der Waals surface area (Å²) >= 11 is 6.23. The highest BCUT2D eigenvalue weighted by Crippen LogP contribution is 2.37. The fourth-order valence-electron chi connectivity index (χ4n) is 3.36. The molecular formula is C19H16ClF2N3O. The second-order valence-corrected chi connectivity index (χ2v) is 6.89. The van der Waals surface area contributed by atoms with Gasteiger partial charge in [-0.25, -0.2) is 13.8 Å². The minimum absolute atomic E-state index is 0.299. The molecule has 2 heterocycles. The molecule has 7 heteroatoms. The van der Waals surface area contributed by atoms with Crippen LogP contribution in [0.4, 0.5) is 14.6 Å². The summed E-state index contributed by atoms with van der Waals surface area (Å²) in [5, 5.41) is 11.5. The molecule has 1 N–H and O–H groups in total. The molecule has 1 aliphatic heterocycles. The molecule has 1 aromatic heterocycles. The Morgan fingerprint density at radius 3 is 2.38 bits per heavy atom. The van der Waals surface area contributed by atoms with Crippen LogP contribution in [0.5, 0.6) is 0 Å². The highest BCUT2D eigenvalue weighted by Gasteiger charge is 2.35. The van der Waals surface area contributed by atoms with Crippen molar-refractivity contribution in [1.29, 1.82) is 0 Å². The SMILES string of the molecule is OC1(c2ccccc2Cl)CCN(c2cnc3cc(F)c(F)cc3n2)CC1. The number of piperidine rings is 1. The molecule has 2 aromatic carbocycles. The number of fused-ring (bicyclic) bond motifs is 1. The molecule has 134 valence electrons. The summed E-state index contributed by atoms with van der Waals surface area (Å²) in [7, 11) is 0. The lowest BCUT2D eigenvalue weighted by Crippen LogP contribution is -2.43. The zero-order chi connectivity index (χ0) is 18.3. The van der Waals surface area contributed by atoms with Crippen molar-refractivity contribution in [3.05, 3.63) is 64.8 Å². The maximum absolute atomic E-state index is 13.4. The van der Waals surface area contributed by atoms with Gasteiger partial charge in [0.25, 0.3) is 0 Å². The normalized spacial score (nSPS) is 16.8. The van der Waals surface area contributed by atoms with Crippen LogP contribution in [0.2, 0.25) is 5.02 Å². The third kappa shape index (κ3) is 2.99. The van der Waals surface area contributed by atoms with Crippen molar-refractivity contribution >= 4 is 28.5 Å². The monoisotopic (exact) mass is 375 g/mol. The number of halogens is 3. The number of aromatic nitrogens is 2. The Morgan fingerprint density at radius 2 is 1.69 bits per heavy atom. The number of benzene rings is 2. The Morgan fingerprint density at radius 1 is 1.04 bits per heavy atom. The van der Waals surface area contributed by atoms with Gasteiger partial charge in [0, 0.05) is 35.8 Å². The predicted molar refractivity (Wildman–Crippen MR) is 96.2 cm³/mol. The molecule has 0 amide bonds. The number of aliphatic hydroxyl groups is 1. The average Bonchev–Trinajstić information content (AvgIpc) is 2.63. The van der Waals surface area contributed by atoms with Crippen LogP contribution in [0.25, 0.3) is 11.0 Å². The molecular weight excluding hydrogens is 360 g/mol. The van der Waals surface area contributed by atoms with Gasteiger partial charge in [0.2, 0.25) is 0 Å².